The fraction of sp³-hybridized carbons (Fsp3) is 0.100. The van der Waals surface area contributed by atoms with Gasteiger partial charge in [0.05, 0.1) is 4.90 Å². The molecule has 3 aromatic rings. The Hall–Kier alpha value is -3.26. The highest BCUT2D eigenvalue weighted by Gasteiger charge is 2.16. The summed E-state index contributed by atoms with van der Waals surface area (Å²) in [6, 6.07) is 16.2. The maximum atomic E-state index is 13.0. The molecule has 144 valence electrons. The van der Waals surface area contributed by atoms with Crippen LogP contribution in [0.2, 0.25) is 0 Å². The van der Waals surface area contributed by atoms with Crippen molar-refractivity contribution in [2.75, 3.05) is 11.3 Å². The average molecular weight is 399 g/mol. The third-order valence-corrected chi connectivity index (χ3v) is 5.27. The lowest BCUT2D eigenvalue weighted by Crippen LogP contribution is -2.26. The van der Waals surface area contributed by atoms with E-state index in [9.17, 15) is 17.6 Å². The van der Waals surface area contributed by atoms with Crippen LogP contribution < -0.4 is 10.0 Å². The Morgan fingerprint density at radius 2 is 1.79 bits per heavy atom. The molecule has 0 bridgehead atoms. The van der Waals surface area contributed by atoms with Gasteiger partial charge in [-0.05, 0) is 54.6 Å². The zero-order valence-corrected chi connectivity index (χ0v) is 15.6. The molecule has 0 spiro atoms. The highest BCUT2D eigenvalue weighted by Crippen LogP contribution is 2.17. The van der Waals surface area contributed by atoms with Crippen LogP contribution in [0.25, 0.3) is 0 Å². The number of aromatic nitrogens is 1. The van der Waals surface area contributed by atoms with Crippen molar-refractivity contribution < 1.29 is 17.6 Å². The third kappa shape index (κ3) is 5.14. The standard InChI is InChI=1S/C20H18FN3O3S/c21-16-7-9-18(10-8-16)24-28(26,27)19-6-3-4-15(14-19)20(25)23-13-11-17-5-1-2-12-22-17/h1-10,12,14,24H,11,13H2,(H,23,25). The first-order valence-corrected chi connectivity index (χ1v) is 9.99. The van der Waals surface area contributed by atoms with E-state index in [0.29, 0.717) is 13.0 Å². The van der Waals surface area contributed by atoms with Gasteiger partial charge in [-0.25, -0.2) is 12.8 Å². The van der Waals surface area contributed by atoms with Crippen LogP contribution in [0, 0.1) is 5.82 Å². The Kier molecular flexibility index (Phi) is 6.00. The topological polar surface area (TPSA) is 88.2 Å². The third-order valence-electron chi connectivity index (χ3n) is 3.90. The lowest BCUT2D eigenvalue weighted by atomic mass is 10.2. The number of pyridine rings is 1. The van der Waals surface area contributed by atoms with Gasteiger partial charge in [0, 0.05) is 36.1 Å². The monoisotopic (exact) mass is 399 g/mol. The fourth-order valence-electron chi connectivity index (χ4n) is 2.49. The molecule has 1 aromatic heterocycles. The molecule has 0 atom stereocenters. The van der Waals surface area contributed by atoms with Crippen molar-refractivity contribution in [3.63, 3.8) is 0 Å². The minimum Gasteiger partial charge on any atom is -0.352 e. The molecule has 2 aromatic carbocycles. The van der Waals surface area contributed by atoms with Gasteiger partial charge >= 0.3 is 0 Å². The molecular weight excluding hydrogens is 381 g/mol. The maximum Gasteiger partial charge on any atom is 0.261 e. The zero-order valence-electron chi connectivity index (χ0n) is 14.8. The van der Waals surface area contributed by atoms with Crippen LogP contribution in [0.4, 0.5) is 10.1 Å². The zero-order chi connectivity index (χ0) is 20.0. The number of sulfonamides is 1. The Bertz CT molecular complexity index is 1060. The summed E-state index contributed by atoms with van der Waals surface area (Å²) in [4.78, 5) is 16.4. The summed E-state index contributed by atoms with van der Waals surface area (Å²) < 4.78 is 40.4. The number of benzene rings is 2. The van der Waals surface area contributed by atoms with E-state index in [1.165, 1.54) is 36.4 Å². The summed E-state index contributed by atoms with van der Waals surface area (Å²) in [5.41, 5.74) is 1.30. The summed E-state index contributed by atoms with van der Waals surface area (Å²) >= 11 is 0. The number of hydrogen-bond acceptors (Lipinski definition) is 4. The van der Waals surface area contributed by atoms with Crippen LogP contribution >= 0.6 is 0 Å². The van der Waals surface area contributed by atoms with Crippen LogP contribution in [0.5, 0.6) is 0 Å². The molecule has 2 N–H and O–H groups in total. The molecule has 1 amide bonds. The van der Waals surface area contributed by atoms with Gasteiger partial charge in [-0.1, -0.05) is 12.1 Å². The van der Waals surface area contributed by atoms with Gasteiger partial charge in [0.15, 0.2) is 0 Å². The summed E-state index contributed by atoms with van der Waals surface area (Å²) in [5, 5.41) is 2.75. The minimum absolute atomic E-state index is 0.0609. The Morgan fingerprint density at radius 3 is 2.50 bits per heavy atom. The molecule has 6 nitrogen and oxygen atoms in total. The van der Waals surface area contributed by atoms with Gasteiger partial charge < -0.3 is 5.32 Å². The lowest BCUT2D eigenvalue weighted by Gasteiger charge is -2.10. The average Bonchev–Trinajstić information content (AvgIpc) is 2.70. The number of carbonyl (C=O) groups is 1. The van der Waals surface area contributed by atoms with Crippen LogP contribution in [0.15, 0.2) is 77.8 Å². The first-order valence-electron chi connectivity index (χ1n) is 8.51. The van der Waals surface area contributed by atoms with Gasteiger partial charge in [-0.2, -0.15) is 0 Å². The summed E-state index contributed by atoms with van der Waals surface area (Å²) in [6.45, 7) is 0.376. The highest BCUT2D eigenvalue weighted by atomic mass is 32.2. The van der Waals surface area contributed by atoms with Gasteiger partial charge in [0.1, 0.15) is 5.82 Å². The normalized spacial score (nSPS) is 11.0. The van der Waals surface area contributed by atoms with Gasteiger partial charge in [-0.15, -0.1) is 0 Å². The number of rotatable bonds is 7. The SMILES string of the molecule is O=C(NCCc1ccccn1)c1cccc(S(=O)(=O)Nc2ccc(F)cc2)c1. The second-order valence-corrected chi connectivity index (χ2v) is 7.65. The molecular formula is C20H18FN3O3S. The Morgan fingerprint density at radius 1 is 1.00 bits per heavy atom. The summed E-state index contributed by atoms with van der Waals surface area (Å²) in [5.74, 6) is -0.845. The van der Waals surface area contributed by atoms with Crippen molar-refractivity contribution in [1.82, 2.24) is 10.3 Å². The second kappa shape index (κ2) is 8.62. The molecule has 0 aliphatic heterocycles. The molecule has 0 saturated carbocycles. The molecule has 0 radical (unpaired) electrons. The number of anilines is 1. The van der Waals surface area contributed by atoms with E-state index in [0.717, 1.165) is 17.8 Å². The maximum absolute atomic E-state index is 13.0. The van der Waals surface area contributed by atoms with E-state index in [1.54, 1.807) is 6.20 Å². The molecule has 3 rings (SSSR count). The molecule has 0 saturated heterocycles. The summed E-state index contributed by atoms with van der Waals surface area (Å²) in [7, 11) is -3.91. The molecule has 0 unspecified atom stereocenters. The first kappa shape index (κ1) is 19.5. The van der Waals surface area contributed by atoms with Crippen LogP contribution in [-0.2, 0) is 16.4 Å². The van der Waals surface area contributed by atoms with E-state index in [4.69, 9.17) is 0 Å². The quantitative estimate of drug-likeness (QED) is 0.639. The molecule has 0 aliphatic carbocycles. The fourth-order valence-corrected chi connectivity index (χ4v) is 3.59. The molecule has 28 heavy (non-hydrogen) atoms. The number of nitrogens with zero attached hydrogens (tertiary/aromatic N) is 1. The van der Waals surface area contributed by atoms with Gasteiger partial charge in [0.2, 0.25) is 0 Å². The number of amides is 1. The van der Waals surface area contributed by atoms with Crippen molar-refractivity contribution in [3.8, 4) is 0 Å². The Labute approximate surface area is 162 Å². The van der Waals surface area contributed by atoms with Crippen LogP contribution in [0.1, 0.15) is 16.1 Å². The van der Waals surface area contributed by atoms with E-state index in [1.807, 2.05) is 18.2 Å². The lowest BCUT2D eigenvalue weighted by molar-refractivity contribution is 0.0954. The van der Waals surface area contributed by atoms with E-state index in [2.05, 4.69) is 15.0 Å². The van der Waals surface area contributed by atoms with Crippen molar-refractivity contribution in [2.45, 2.75) is 11.3 Å². The van der Waals surface area contributed by atoms with Crippen molar-refractivity contribution in [3.05, 3.63) is 90.0 Å². The second-order valence-electron chi connectivity index (χ2n) is 5.97. The predicted octanol–water partition coefficient (Wildman–Crippen LogP) is 2.99. The molecule has 0 fully saturated rings. The van der Waals surface area contributed by atoms with E-state index < -0.39 is 15.8 Å². The number of halogens is 1. The Balaban J connectivity index is 1.66. The van der Waals surface area contributed by atoms with Crippen molar-refractivity contribution >= 4 is 21.6 Å². The van der Waals surface area contributed by atoms with E-state index in [-0.39, 0.29) is 22.1 Å². The molecule has 8 heteroatoms. The van der Waals surface area contributed by atoms with Gasteiger partial charge in [0.25, 0.3) is 15.9 Å². The molecule has 0 aliphatic rings. The highest BCUT2D eigenvalue weighted by molar-refractivity contribution is 7.92. The van der Waals surface area contributed by atoms with E-state index >= 15 is 0 Å². The smallest absolute Gasteiger partial charge is 0.261 e. The van der Waals surface area contributed by atoms with Crippen molar-refractivity contribution in [1.29, 1.82) is 0 Å². The summed E-state index contributed by atoms with van der Waals surface area (Å²) in [6.07, 6.45) is 2.25. The predicted molar refractivity (Wildman–Crippen MR) is 104 cm³/mol. The minimum atomic E-state index is -3.91. The van der Waals surface area contributed by atoms with Gasteiger partial charge in [-0.3, -0.25) is 14.5 Å². The first-order chi connectivity index (χ1) is 13.4. The number of nitrogens with one attached hydrogen (secondary N) is 2. The van der Waals surface area contributed by atoms with Crippen LogP contribution in [0.3, 0.4) is 0 Å². The number of hydrogen-bond donors (Lipinski definition) is 2. The molecule has 1 heterocycles. The largest absolute Gasteiger partial charge is 0.352 e. The number of carbonyl (C=O) groups excluding carboxylic acids is 1. The van der Waals surface area contributed by atoms with Crippen molar-refractivity contribution in [2.24, 2.45) is 0 Å². The van der Waals surface area contributed by atoms with Crippen LogP contribution in [-0.4, -0.2) is 25.9 Å².